The Balaban J connectivity index is 0.000000769. The van der Waals surface area contributed by atoms with Crippen LogP contribution in [0.5, 0.6) is 0 Å². The first-order valence-electron chi connectivity index (χ1n) is 10.3. The molecule has 8 nitrogen and oxygen atoms in total. The van der Waals surface area contributed by atoms with E-state index < -0.39 is 0 Å². The summed E-state index contributed by atoms with van der Waals surface area (Å²) in [6, 6.07) is 8.18. The minimum absolute atomic E-state index is 0.278. The van der Waals surface area contributed by atoms with Crippen molar-refractivity contribution in [1.29, 1.82) is 5.41 Å². The van der Waals surface area contributed by atoms with Crippen molar-refractivity contribution < 1.29 is 14.2 Å². The zero-order chi connectivity index (χ0) is 23.9. The zero-order valence-electron chi connectivity index (χ0n) is 19.2. The predicted octanol–water partition coefficient (Wildman–Crippen LogP) is 4.41. The van der Waals surface area contributed by atoms with Crippen LogP contribution in [0.25, 0.3) is 11.3 Å². The summed E-state index contributed by atoms with van der Waals surface area (Å²) in [7, 11) is 1.60. The van der Waals surface area contributed by atoms with Crippen LogP contribution in [-0.4, -0.2) is 64.8 Å². The number of hydrogen-bond acceptors (Lipinski definition) is 8. The lowest BCUT2D eigenvalue weighted by Crippen LogP contribution is -2.41. The standard InChI is InChI=1S/C18H19FN6O.C3H6O.C2H6/c1-12-9-13(19)3-4-15(12)16-5-6-17(23-22-16)18-24-21-14(11-26-2)10-25(18)8-7-20;1-2-3-4;1-2/h3-7,9,20H,8,10-11H2,1-2H3;2-4H,1H3;1-2H3/b;3-2+;. The maximum atomic E-state index is 13.3. The van der Waals surface area contributed by atoms with Gasteiger partial charge in [0.15, 0.2) is 5.84 Å². The first-order chi connectivity index (χ1) is 15.5. The molecule has 9 heteroatoms. The smallest absolute Gasteiger partial charge is 0.179 e. The van der Waals surface area contributed by atoms with Gasteiger partial charge in [-0.15, -0.1) is 15.3 Å². The van der Waals surface area contributed by atoms with Crippen molar-refractivity contribution in [3.63, 3.8) is 0 Å². The fourth-order valence-electron chi connectivity index (χ4n) is 2.73. The van der Waals surface area contributed by atoms with E-state index in [9.17, 15) is 4.39 Å². The average molecular weight is 443 g/mol. The number of aliphatic hydroxyl groups is 1. The summed E-state index contributed by atoms with van der Waals surface area (Å²) in [6.07, 6.45) is 3.86. The van der Waals surface area contributed by atoms with Crippen molar-refractivity contribution in [2.75, 3.05) is 26.8 Å². The van der Waals surface area contributed by atoms with Gasteiger partial charge in [0.2, 0.25) is 0 Å². The molecule has 1 aromatic carbocycles. The summed E-state index contributed by atoms with van der Waals surface area (Å²) in [6.45, 7) is 8.88. The summed E-state index contributed by atoms with van der Waals surface area (Å²) >= 11 is 0. The molecule has 0 bridgehead atoms. The number of aromatic nitrogens is 2. The van der Waals surface area contributed by atoms with Crippen molar-refractivity contribution in [3.05, 3.63) is 59.7 Å². The highest BCUT2D eigenvalue weighted by Crippen LogP contribution is 2.22. The molecule has 0 spiro atoms. The molecule has 2 aromatic rings. The number of amidine groups is 1. The predicted molar refractivity (Wildman–Crippen MR) is 127 cm³/mol. The van der Waals surface area contributed by atoms with Crippen LogP contribution in [0.1, 0.15) is 32.0 Å². The van der Waals surface area contributed by atoms with Gasteiger partial charge >= 0.3 is 0 Å². The molecule has 1 aliphatic rings. The van der Waals surface area contributed by atoms with Gasteiger partial charge in [-0.1, -0.05) is 19.9 Å². The Morgan fingerprint density at radius 2 is 1.81 bits per heavy atom. The van der Waals surface area contributed by atoms with Crippen LogP contribution >= 0.6 is 0 Å². The van der Waals surface area contributed by atoms with Crippen molar-refractivity contribution in [1.82, 2.24) is 15.1 Å². The first-order valence-corrected chi connectivity index (χ1v) is 10.3. The molecule has 0 aliphatic carbocycles. The molecular weight excluding hydrogens is 411 g/mol. The minimum atomic E-state index is -0.278. The van der Waals surface area contributed by atoms with E-state index in [0.717, 1.165) is 23.1 Å². The van der Waals surface area contributed by atoms with Gasteiger partial charge in [0.1, 0.15) is 11.5 Å². The third-order valence-corrected chi connectivity index (χ3v) is 4.09. The maximum Gasteiger partial charge on any atom is 0.179 e. The molecule has 3 rings (SSSR count). The lowest BCUT2D eigenvalue weighted by atomic mass is 10.1. The van der Waals surface area contributed by atoms with Gasteiger partial charge < -0.3 is 20.2 Å². The van der Waals surface area contributed by atoms with Crippen LogP contribution in [0.15, 0.2) is 52.9 Å². The number of ether oxygens (including phenoxy) is 1. The second-order valence-electron chi connectivity index (χ2n) is 6.35. The van der Waals surface area contributed by atoms with Crippen LogP contribution in [0.2, 0.25) is 0 Å². The zero-order valence-corrected chi connectivity index (χ0v) is 19.2. The van der Waals surface area contributed by atoms with E-state index in [2.05, 4.69) is 20.4 Å². The number of benzene rings is 1. The summed E-state index contributed by atoms with van der Waals surface area (Å²) in [5, 5.41) is 32.0. The SMILES string of the molecule is C/C=C/O.CC.COCC1=NN=C(c2ccc(-c3ccc(F)cc3C)nn2)N(CC=N)C1. The lowest BCUT2D eigenvalue weighted by molar-refractivity contribution is 0.241. The highest BCUT2D eigenvalue weighted by atomic mass is 19.1. The molecule has 2 heterocycles. The molecule has 32 heavy (non-hydrogen) atoms. The monoisotopic (exact) mass is 442 g/mol. The number of methoxy groups -OCH3 is 1. The molecule has 172 valence electrons. The van der Waals surface area contributed by atoms with E-state index >= 15 is 0 Å². The molecule has 1 aliphatic heterocycles. The molecule has 0 radical (unpaired) electrons. The second kappa shape index (κ2) is 14.5. The highest BCUT2D eigenvalue weighted by Gasteiger charge is 2.21. The molecule has 0 fully saturated rings. The van der Waals surface area contributed by atoms with Crippen molar-refractivity contribution >= 4 is 17.8 Å². The second-order valence-corrected chi connectivity index (χ2v) is 6.35. The molecule has 0 amide bonds. The van der Waals surface area contributed by atoms with Crippen molar-refractivity contribution in [2.45, 2.75) is 27.7 Å². The number of aryl methyl sites for hydroxylation is 1. The number of hydrogen-bond donors (Lipinski definition) is 2. The first kappa shape index (κ1) is 26.6. The van der Waals surface area contributed by atoms with Crippen LogP contribution in [-0.2, 0) is 4.74 Å². The number of rotatable bonds is 6. The Morgan fingerprint density at radius 1 is 1.16 bits per heavy atom. The Morgan fingerprint density at radius 3 is 2.34 bits per heavy atom. The quantitative estimate of drug-likeness (QED) is 0.509. The third kappa shape index (κ3) is 7.66. The number of allylic oxidation sites excluding steroid dienone is 1. The molecule has 0 saturated heterocycles. The maximum absolute atomic E-state index is 13.3. The molecule has 0 unspecified atom stereocenters. The molecular formula is C23H31FN6O2. The lowest BCUT2D eigenvalue weighted by Gasteiger charge is -2.26. The van der Waals surface area contributed by atoms with E-state index in [1.807, 2.05) is 31.7 Å². The molecule has 0 atom stereocenters. The normalized spacial score (nSPS) is 12.8. The Labute approximate surface area is 188 Å². The Kier molecular flexibility index (Phi) is 12.1. The molecule has 0 saturated carbocycles. The van der Waals surface area contributed by atoms with Crippen molar-refractivity contribution in [3.8, 4) is 11.3 Å². The van der Waals surface area contributed by atoms with E-state index in [-0.39, 0.29) is 5.82 Å². The minimum Gasteiger partial charge on any atom is -0.516 e. The number of halogens is 1. The third-order valence-electron chi connectivity index (χ3n) is 4.09. The van der Waals surface area contributed by atoms with Gasteiger partial charge in [0.25, 0.3) is 0 Å². The van der Waals surface area contributed by atoms with E-state index in [1.54, 1.807) is 32.2 Å². The van der Waals surface area contributed by atoms with Gasteiger partial charge in [-0.3, -0.25) is 0 Å². The van der Waals surface area contributed by atoms with E-state index in [1.165, 1.54) is 18.3 Å². The summed E-state index contributed by atoms with van der Waals surface area (Å²) < 4.78 is 18.4. The van der Waals surface area contributed by atoms with Gasteiger partial charge in [0.05, 0.1) is 37.4 Å². The fourth-order valence-corrected chi connectivity index (χ4v) is 2.73. The number of aliphatic hydroxyl groups excluding tert-OH is 1. The van der Waals surface area contributed by atoms with Crippen molar-refractivity contribution in [2.24, 2.45) is 10.2 Å². The average Bonchev–Trinajstić information content (AvgIpc) is 2.81. The van der Waals surface area contributed by atoms with Gasteiger partial charge in [-0.05, 0) is 49.7 Å². The topological polar surface area (TPSA) is 107 Å². The molecule has 1 aromatic heterocycles. The van der Waals surface area contributed by atoms with Crippen LogP contribution in [0.3, 0.4) is 0 Å². The van der Waals surface area contributed by atoms with Gasteiger partial charge in [-0.2, -0.15) is 5.10 Å². The van der Waals surface area contributed by atoms with Gasteiger partial charge in [0, 0.05) is 18.9 Å². The van der Waals surface area contributed by atoms with E-state index in [4.69, 9.17) is 15.3 Å². The van der Waals surface area contributed by atoms with Crippen LogP contribution in [0, 0.1) is 18.2 Å². The van der Waals surface area contributed by atoms with E-state index in [0.29, 0.717) is 36.9 Å². The van der Waals surface area contributed by atoms with Crippen LogP contribution in [0.4, 0.5) is 4.39 Å². The highest BCUT2D eigenvalue weighted by molar-refractivity contribution is 6.03. The van der Waals surface area contributed by atoms with Gasteiger partial charge in [-0.25, -0.2) is 4.39 Å². The molecule has 2 N–H and O–H groups in total. The Hall–Kier alpha value is -3.46. The largest absolute Gasteiger partial charge is 0.516 e. The van der Waals surface area contributed by atoms with Crippen LogP contribution < -0.4 is 0 Å². The number of nitrogens with one attached hydrogen (secondary N) is 1. The fraction of sp³-hybridized carbons (Fsp3) is 0.348. The summed E-state index contributed by atoms with van der Waals surface area (Å²) in [4.78, 5) is 1.89. The summed E-state index contributed by atoms with van der Waals surface area (Å²) in [5.41, 5.74) is 3.62. The number of nitrogens with zero attached hydrogens (tertiary/aromatic N) is 5. The summed E-state index contributed by atoms with van der Waals surface area (Å²) in [5.74, 6) is 0.280. The Bertz CT molecular complexity index is 938.